The van der Waals surface area contributed by atoms with Crippen LogP contribution >= 0.6 is 0 Å². The lowest BCUT2D eigenvalue weighted by Crippen LogP contribution is -2.55. The summed E-state index contributed by atoms with van der Waals surface area (Å²) < 4.78 is 19.8. The molecule has 0 aliphatic carbocycles. The molecule has 17 nitrogen and oxygen atoms in total. The quantitative estimate of drug-likeness (QED) is 0.0489. The smallest absolute Gasteiger partial charge is 0.407 e. The predicted molar refractivity (Wildman–Crippen MR) is 252 cm³/mol. The van der Waals surface area contributed by atoms with E-state index in [1.54, 1.807) is 27.7 Å². The number of nitrogens with one attached hydrogen (secondary N) is 5. The van der Waals surface area contributed by atoms with Crippen LogP contribution in [0.3, 0.4) is 0 Å². The normalized spacial score (nSPS) is 12.3. The van der Waals surface area contributed by atoms with Crippen LogP contribution in [0.1, 0.15) is 56.4 Å². The van der Waals surface area contributed by atoms with E-state index in [0.717, 1.165) is 22.3 Å². The summed E-state index contributed by atoms with van der Waals surface area (Å²) in [6.07, 6.45) is -1.07. The lowest BCUT2D eigenvalue weighted by Gasteiger charge is -2.24. The Kier molecular flexibility index (Phi) is 24.1. The highest BCUT2D eigenvalue weighted by atomic mass is 16.6. The van der Waals surface area contributed by atoms with Crippen molar-refractivity contribution in [3.8, 4) is 0 Å². The number of carbonyl (C=O) groups is 8. The minimum absolute atomic E-state index is 0.0669. The summed E-state index contributed by atoms with van der Waals surface area (Å²) in [4.78, 5) is 99.1. The monoisotopic (exact) mass is 937 g/mol. The summed E-state index contributed by atoms with van der Waals surface area (Å²) in [5, 5.41) is 12.8. The molecule has 68 heavy (non-hydrogen) atoms. The zero-order chi connectivity index (χ0) is 49.8. The molecule has 0 bridgehead atoms. The van der Waals surface area contributed by atoms with Gasteiger partial charge >= 0.3 is 24.1 Å². The van der Waals surface area contributed by atoms with E-state index >= 15 is 0 Å². The van der Waals surface area contributed by atoms with Crippen LogP contribution in [0.4, 0.5) is 9.59 Å². The molecule has 2 unspecified atom stereocenters. The van der Waals surface area contributed by atoms with Crippen LogP contribution in [0.25, 0.3) is 0 Å². The number of methoxy groups -OCH3 is 2. The summed E-state index contributed by atoms with van der Waals surface area (Å²) >= 11 is 0. The predicted octanol–water partition coefficient (Wildman–Crippen LogP) is 5.00. The Balaban J connectivity index is 0.000000360. The molecular weight excluding hydrogens is 875 g/mol. The number of Topliss-reactive ketones (excluding diaryl/α,β-unsaturated/α-hetero) is 1. The third-order valence-electron chi connectivity index (χ3n) is 10.2. The van der Waals surface area contributed by atoms with Crippen molar-refractivity contribution >= 4 is 47.6 Å². The fourth-order valence-electron chi connectivity index (χ4n) is 6.45. The van der Waals surface area contributed by atoms with Gasteiger partial charge in [0.15, 0.2) is 5.78 Å². The molecule has 17 heteroatoms. The van der Waals surface area contributed by atoms with Gasteiger partial charge in [0.05, 0.1) is 20.8 Å². The second-order valence-corrected chi connectivity index (χ2v) is 16.3. The molecule has 0 fully saturated rings. The van der Waals surface area contributed by atoms with Gasteiger partial charge in [-0.15, -0.1) is 0 Å². The largest absolute Gasteiger partial charge is 0.467 e. The van der Waals surface area contributed by atoms with E-state index in [1.807, 2.05) is 121 Å². The van der Waals surface area contributed by atoms with Crippen LogP contribution in [-0.2, 0) is 73.8 Å². The Morgan fingerprint density at radius 1 is 0.471 bits per heavy atom. The summed E-state index contributed by atoms with van der Waals surface area (Å²) in [6, 6.07) is 34.1. The molecule has 0 aromatic heterocycles. The van der Waals surface area contributed by atoms with Crippen LogP contribution in [0.15, 0.2) is 121 Å². The number of hydrogen-bond acceptors (Lipinski definition) is 12. The molecule has 4 atom stereocenters. The van der Waals surface area contributed by atoms with E-state index in [2.05, 4.69) is 26.6 Å². The Bertz CT molecular complexity index is 2050. The van der Waals surface area contributed by atoms with Crippen molar-refractivity contribution in [2.24, 2.45) is 17.8 Å². The van der Waals surface area contributed by atoms with Crippen molar-refractivity contribution in [2.75, 3.05) is 27.3 Å². The maximum absolute atomic E-state index is 13.0. The van der Waals surface area contributed by atoms with E-state index in [9.17, 15) is 38.4 Å². The SMILES string of the molecule is COC(=O)C(NC(=O)[C@H](Cc1ccccc1)NC(=O)CNC(=O)OCc1ccccc1)C(C)C.COC(=O)[C@@H](NC(=O)C(CC(=O)CNC(=O)OCc1ccccc1)Cc1ccccc1)C(C)C. The van der Waals surface area contributed by atoms with Crippen LogP contribution in [0, 0.1) is 17.8 Å². The Labute approximate surface area is 397 Å². The number of benzene rings is 4. The van der Waals surface area contributed by atoms with Gasteiger partial charge in [-0.2, -0.15) is 0 Å². The molecule has 0 saturated carbocycles. The maximum Gasteiger partial charge on any atom is 0.407 e. The van der Waals surface area contributed by atoms with Crippen LogP contribution < -0.4 is 26.6 Å². The lowest BCUT2D eigenvalue weighted by atomic mass is 9.92. The number of rotatable bonds is 23. The van der Waals surface area contributed by atoms with Crippen LogP contribution in [-0.4, -0.2) is 93.1 Å². The highest BCUT2D eigenvalue weighted by Gasteiger charge is 2.31. The van der Waals surface area contributed by atoms with Crippen LogP contribution in [0.5, 0.6) is 0 Å². The van der Waals surface area contributed by atoms with E-state index in [-0.39, 0.29) is 56.8 Å². The molecule has 0 aliphatic heterocycles. The van der Waals surface area contributed by atoms with Crippen molar-refractivity contribution < 1.29 is 57.3 Å². The molecule has 364 valence electrons. The Hall–Kier alpha value is -7.56. The minimum Gasteiger partial charge on any atom is -0.467 e. The summed E-state index contributed by atoms with van der Waals surface area (Å²) in [5.74, 6) is -4.11. The fourth-order valence-corrected chi connectivity index (χ4v) is 6.45. The standard InChI is InChI=1S/C26H32N2O6.C25H31N3O6/c1-18(2)23(25(31)33-3)28-24(30)21(14-19-10-6-4-7-11-19)15-22(29)16-27-26(32)34-17-20-12-8-5-9-13-20;1-17(2)22(24(31)33-3)28-23(30)20(14-18-10-6-4-7-11-18)27-21(29)15-26-25(32)34-16-19-12-8-5-9-13-19/h4-13,18,21,23H,14-17H2,1-3H3,(H,27,32)(H,28,30);4-13,17,20,22H,14-16H2,1-3H3,(H,26,32)(H,27,29)(H,28,30)/t21?,23-;20-,22?/m00/s1. The highest BCUT2D eigenvalue weighted by Crippen LogP contribution is 2.16. The molecule has 0 spiro atoms. The van der Waals surface area contributed by atoms with Gasteiger partial charge in [-0.05, 0) is 40.5 Å². The maximum atomic E-state index is 13.0. The van der Waals surface area contributed by atoms with Crippen LogP contribution in [0.2, 0.25) is 0 Å². The van der Waals surface area contributed by atoms with Crippen molar-refractivity contribution in [1.29, 1.82) is 0 Å². The second-order valence-electron chi connectivity index (χ2n) is 16.3. The minimum atomic E-state index is -0.969. The topological polar surface area (TPSA) is 234 Å². The molecule has 4 rings (SSSR count). The number of ether oxygens (including phenoxy) is 4. The lowest BCUT2D eigenvalue weighted by molar-refractivity contribution is -0.147. The molecule has 4 aromatic carbocycles. The molecule has 0 aliphatic rings. The molecule has 4 aromatic rings. The first-order valence-electron chi connectivity index (χ1n) is 22.1. The molecular formula is C51H63N5O12. The van der Waals surface area contributed by atoms with Crippen molar-refractivity contribution in [3.63, 3.8) is 0 Å². The van der Waals surface area contributed by atoms with Gasteiger partial charge in [-0.1, -0.05) is 149 Å². The number of esters is 2. The zero-order valence-corrected chi connectivity index (χ0v) is 39.4. The highest BCUT2D eigenvalue weighted by molar-refractivity contribution is 5.93. The summed E-state index contributed by atoms with van der Waals surface area (Å²) in [7, 11) is 2.51. The molecule has 0 saturated heterocycles. The summed E-state index contributed by atoms with van der Waals surface area (Å²) in [5.41, 5.74) is 3.34. The van der Waals surface area contributed by atoms with Gasteiger partial charge in [-0.3, -0.25) is 19.2 Å². The average molecular weight is 938 g/mol. The molecule has 0 heterocycles. The van der Waals surface area contributed by atoms with E-state index in [1.165, 1.54) is 14.2 Å². The first kappa shape index (κ1) is 54.8. The van der Waals surface area contributed by atoms with Gasteiger partial charge < -0.3 is 45.5 Å². The first-order chi connectivity index (χ1) is 32.6. The third kappa shape index (κ3) is 20.7. The van der Waals surface area contributed by atoms with Gasteiger partial charge in [0, 0.05) is 18.8 Å². The second kappa shape index (κ2) is 29.9. The van der Waals surface area contributed by atoms with E-state index < -0.39 is 65.9 Å². The number of carbonyl (C=O) groups excluding carboxylic acids is 8. The molecule has 5 amide bonds. The number of amides is 5. The van der Waals surface area contributed by atoms with Gasteiger partial charge in [0.25, 0.3) is 0 Å². The zero-order valence-electron chi connectivity index (χ0n) is 39.4. The van der Waals surface area contributed by atoms with Gasteiger partial charge in [0.2, 0.25) is 17.7 Å². The summed E-state index contributed by atoms with van der Waals surface area (Å²) in [6.45, 7) is 6.65. The number of hydrogen-bond donors (Lipinski definition) is 5. The average Bonchev–Trinajstić information content (AvgIpc) is 3.34. The fraction of sp³-hybridized carbons (Fsp3) is 0.373. The Morgan fingerprint density at radius 2 is 0.853 bits per heavy atom. The van der Waals surface area contributed by atoms with Crippen molar-refractivity contribution in [2.45, 2.75) is 78.3 Å². The van der Waals surface area contributed by atoms with E-state index in [4.69, 9.17) is 18.9 Å². The first-order valence-corrected chi connectivity index (χ1v) is 22.1. The Morgan fingerprint density at radius 3 is 1.26 bits per heavy atom. The third-order valence-corrected chi connectivity index (χ3v) is 10.2. The molecule has 0 radical (unpaired) electrons. The van der Waals surface area contributed by atoms with Crippen molar-refractivity contribution in [3.05, 3.63) is 144 Å². The van der Waals surface area contributed by atoms with Gasteiger partial charge in [0.1, 0.15) is 37.9 Å². The van der Waals surface area contributed by atoms with Crippen molar-refractivity contribution in [1.82, 2.24) is 26.6 Å². The number of alkyl carbamates (subject to hydrolysis) is 2. The van der Waals surface area contributed by atoms with Gasteiger partial charge in [-0.25, -0.2) is 19.2 Å². The van der Waals surface area contributed by atoms with E-state index in [0.29, 0.717) is 6.42 Å². The number of ketones is 1. The molecule has 5 N–H and O–H groups in total.